The van der Waals surface area contributed by atoms with Crippen LogP contribution in [0.5, 0.6) is 0 Å². The number of furan rings is 1. The Morgan fingerprint density at radius 1 is 1.03 bits per heavy atom. The second kappa shape index (κ2) is 10.1. The van der Waals surface area contributed by atoms with Crippen molar-refractivity contribution in [1.82, 2.24) is 4.90 Å². The molecular formula is C27H25N3O6S. The van der Waals surface area contributed by atoms with Gasteiger partial charge in [-0.05, 0) is 86.8 Å². The van der Waals surface area contributed by atoms with Crippen LogP contribution in [0.4, 0.5) is 16.2 Å². The minimum Gasteiger partial charge on any atom is -0.456 e. The average molecular weight is 520 g/mol. The van der Waals surface area contributed by atoms with Crippen LogP contribution in [0.25, 0.3) is 17.4 Å². The van der Waals surface area contributed by atoms with Crippen LogP contribution >= 0.6 is 11.8 Å². The van der Waals surface area contributed by atoms with E-state index in [0.29, 0.717) is 23.0 Å². The highest BCUT2D eigenvalue weighted by Crippen LogP contribution is 2.36. The summed E-state index contributed by atoms with van der Waals surface area (Å²) >= 11 is 0.701. The Morgan fingerprint density at radius 3 is 2.32 bits per heavy atom. The Morgan fingerprint density at radius 2 is 1.68 bits per heavy atom. The Kier molecular flexibility index (Phi) is 7.04. The van der Waals surface area contributed by atoms with Crippen molar-refractivity contribution >= 4 is 46.3 Å². The number of benzene rings is 2. The number of nitrogens with one attached hydrogen (secondary N) is 1. The van der Waals surface area contributed by atoms with Gasteiger partial charge in [-0.1, -0.05) is 17.7 Å². The lowest BCUT2D eigenvalue weighted by Crippen LogP contribution is -2.36. The molecule has 1 N–H and O–H groups in total. The standard InChI is InChI=1S/C27H25N3O6S/c1-14-8-17(4)25(18(5)9-14)28-24(31)13-29-26(32)23(37-27(29)33)12-19-6-7-22(36-19)20-10-15(2)16(3)11-21(20)30(34)35/h6-12H,13H2,1-5H3,(H,28,31)/b23-12-. The van der Waals surface area contributed by atoms with Gasteiger partial charge >= 0.3 is 0 Å². The molecule has 1 aliphatic rings. The number of carbonyl (C=O) groups is 3. The third-order valence-electron chi connectivity index (χ3n) is 6.09. The van der Waals surface area contributed by atoms with E-state index in [4.69, 9.17) is 4.42 Å². The summed E-state index contributed by atoms with van der Waals surface area (Å²) in [6.07, 6.45) is 1.40. The fourth-order valence-electron chi connectivity index (χ4n) is 4.19. The minimum absolute atomic E-state index is 0.0885. The summed E-state index contributed by atoms with van der Waals surface area (Å²) in [5.74, 6) is -0.578. The Hall–Kier alpha value is -4.18. The van der Waals surface area contributed by atoms with E-state index in [1.807, 2.05) is 39.8 Å². The summed E-state index contributed by atoms with van der Waals surface area (Å²) < 4.78 is 5.78. The van der Waals surface area contributed by atoms with Gasteiger partial charge in [0.25, 0.3) is 16.8 Å². The van der Waals surface area contributed by atoms with E-state index in [1.54, 1.807) is 25.1 Å². The zero-order chi connectivity index (χ0) is 27.0. The maximum absolute atomic E-state index is 12.9. The number of carbonyl (C=O) groups excluding carboxylic acids is 3. The second-order valence-corrected chi connectivity index (χ2v) is 10.00. The van der Waals surface area contributed by atoms with Gasteiger partial charge in [-0.3, -0.25) is 29.4 Å². The number of hydrogen-bond acceptors (Lipinski definition) is 7. The van der Waals surface area contributed by atoms with Crippen molar-refractivity contribution in [2.45, 2.75) is 34.6 Å². The average Bonchev–Trinajstić information content (AvgIpc) is 3.38. The predicted molar refractivity (Wildman–Crippen MR) is 142 cm³/mol. The molecule has 0 spiro atoms. The van der Waals surface area contributed by atoms with Crippen molar-refractivity contribution in [3.05, 3.63) is 85.0 Å². The van der Waals surface area contributed by atoms with Crippen molar-refractivity contribution in [3.8, 4) is 11.3 Å². The molecule has 0 unspecified atom stereocenters. The number of hydrogen-bond donors (Lipinski definition) is 1. The molecule has 37 heavy (non-hydrogen) atoms. The van der Waals surface area contributed by atoms with Crippen molar-refractivity contribution in [2.24, 2.45) is 0 Å². The number of nitro groups is 1. The number of rotatable bonds is 6. The van der Waals surface area contributed by atoms with Crippen LogP contribution in [0, 0.1) is 44.7 Å². The van der Waals surface area contributed by atoms with Gasteiger partial charge in [0.15, 0.2) is 0 Å². The van der Waals surface area contributed by atoms with Crippen LogP contribution in [0.2, 0.25) is 0 Å². The number of amides is 3. The maximum Gasteiger partial charge on any atom is 0.294 e. The third kappa shape index (κ3) is 5.34. The van der Waals surface area contributed by atoms with E-state index in [1.165, 1.54) is 12.1 Å². The Balaban J connectivity index is 1.52. The maximum atomic E-state index is 12.9. The summed E-state index contributed by atoms with van der Waals surface area (Å²) in [5, 5.41) is 13.8. The number of nitrogens with zero attached hydrogens (tertiary/aromatic N) is 2. The molecule has 3 aromatic rings. The largest absolute Gasteiger partial charge is 0.456 e. The molecule has 2 aromatic carbocycles. The van der Waals surface area contributed by atoms with Crippen LogP contribution in [0.1, 0.15) is 33.6 Å². The highest BCUT2D eigenvalue weighted by molar-refractivity contribution is 8.18. The van der Waals surface area contributed by atoms with Crippen LogP contribution in [0.15, 0.2) is 45.7 Å². The summed E-state index contributed by atoms with van der Waals surface area (Å²) in [7, 11) is 0. The van der Waals surface area contributed by atoms with Gasteiger partial charge in [-0.15, -0.1) is 0 Å². The molecule has 0 saturated carbocycles. The molecule has 0 bridgehead atoms. The first-order valence-electron chi connectivity index (χ1n) is 11.4. The van der Waals surface area contributed by atoms with Gasteiger partial charge in [0.1, 0.15) is 18.1 Å². The zero-order valence-electron chi connectivity index (χ0n) is 21.0. The molecule has 0 atom stereocenters. The number of anilines is 1. The van der Waals surface area contributed by atoms with Crippen LogP contribution in [-0.4, -0.2) is 33.4 Å². The molecule has 0 aliphatic carbocycles. The van der Waals surface area contributed by atoms with Crippen molar-refractivity contribution in [1.29, 1.82) is 0 Å². The molecule has 1 aromatic heterocycles. The molecule has 10 heteroatoms. The van der Waals surface area contributed by atoms with E-state index in [2.05, 4.69) is 5.32 Å². The predicted octanol–water partition coefficient (Wildman–Crippen LogP) is 6.07. The molecular weight excluding hydrogens is 494 g/mol. The van der Waals surface area contributed by atoms with Crippen LogP contribution < -0.4 is 5.32 Å². The lowest BCUT2D eigenvalue weighted by molar-refractivity contribution is -0.384. The van der Waals surface area contributed by atoms with Crippen LogP contribution in [-0.2, 0) is 9.59 Å². The van der Waals surface area contributed by atoms with E-state index < -0.39 is 28.5 Å². The van der Waals surface area contributed by atoms with E-state index in [0.717, 1.165) is 32.7 Å². The SMILES string of the molecule is Cc1cc(C)c(NC(=O)CN2C(=O)S/C(=C\c3ccc(-c4cc(C)c(C)cc4[N+](=O)[O-])o3)C2=O)c(C)c1. The summed E-state index contributed by atoms with van der Waals surface area (Å²) in [4.78, 5) is 50.1. The fourth-order valence-corrected chi connectivity index (χ4v) is 5.01. The molecule has 9 nitrogen and oxygen atoms in total. The first kappa shape index (κ1) is 25.9. The Bertz CT molecular complexity index is 1480. The van der Waals surface area contributed by atoms with E-state index in [-0.39, 0.29) is 22.1 Å². The first-order chi connectivity index (χ1) is 17.4. The highest BCUT2D eigenvalue weighted by Gasteiger charge is 2.36. The topological polar surface area (TPSA) is 123 Å². The van der Waals surface area contributed by atoms with Gasteiger partial charge in [0, 0.05) is 17.8 Å². The molecule has 1 saturated heterocycles. The molecule has 0 radical (unpaired) electrons. The van der Waals surface area contributed by atoms with Gasteiger partial charge in [0.2, 0.25) is 5.91 Å². The summed E-state index contributed by atoms with van der Waals surface area (Å²) in [6, 6.07) is 10.2. The van der Waals surface area contributed by atoms with Gasteiger partial charge in [-0.2, -0.15) is 0 Å². The Labute approximate surface area is 217 Å². The van der Waals surface area contributed by atoms with Gasteiger partial charge < -0.3 is 9.73 Å². The third-order valence-corrected chi connectivity index (χ3v) is 7.00. The zero-order valence-corrected chi connectivity index (χ0v) is 21.8. The van der Waals surface area contributed by atoms with Gasteiger partial charge in [0.05, 0.1) is 15.4 Å². The smallest absolute Gasteiger partial charge is 0.294 e. The molecule has 4 rings (SSSR count). The number of thioether (sulfide) groups is 1. The second-order valence-electron chi connectivity index (χ2n) is 9.00. The van der Waals surface area contributed by atoms with Crippen molar-refractivity contribution < 1.29 is 23.7 Å². The van der Waals surface area contributed by atoms with Gasteiger partial charge in [-0.25, -0.2) is 0 Å². The lowest BCUT2D eigenvalue weighted by Gasteiger charge is -2.15. The molecule has 190 valence electrons. The van der Waals surface area contributed by atoms with Crippen molar-refractivity contribution in [2.75, 3.05) is 11.9 Å². The van der Waals surface area contributed by atoms with Crippen LogP contribution in [0.3, 0.4) is 0 Å². The van der Waals surface area contributed by atoms with Crippen molar-refractivity contribution in [3.63, 3.8) is 0 Å². The summed E-state index contributed by atoms with van der Waals surface area (Å²) in [5.41, 5.74) is 5.38. The monoisotopic (exact) mass is 519 g/mol. The normalized spacial score (nSPS) is 14.5. The molecule has 3 amide bonds. The number of imide groups is 1. The van der Waals surface area contributed by atoms with E-state index >= 15 is 0 Å². The molecule has 1 aliphatic heterocycles. The fraction of sp³-hybridized carbons (Fsp3) is 0.222. The number of aryl methyl sites for hydroxylation is 5. The quantitative estimate of drug-likeness (QED) is 0.238. The highest BCUT2D eigenvalue weighted by atomic mass is 32.2. The number of nitro benzene ring substituents is 1. The van der Waals surface area contributed by atoms with E-state index in [9.17, 15) is 24.5 Å². The summed E-state index contributed by atoms with van der Waals surface area (Å²) in [6.45, 7) is 8.93. The minimum atomic E-state index is -0.613. The molecule has 1 fully saturated rings. The molecule has 2 heterocycles. The first-order valence-corrected chi connectivity index (χ1v) is 12.2. The lowest BCUT2D eigenvalue weighted by atomic mass is 10.0.